The summed E-state index contributed by atoms with van der Waals surface area (Å²) in [6, 6.07) is 10.3. The molecule has 1 aromatic carbocycles. The van der Waals surface area contributed by atoms with Crippen molar-refractivity contribution in [3.05, 3.63) is 59.7 Å². The summed E-state index contributed by atoms with van der Waals surface area (Å²) in [5, 5.41) is 0. The number of hydrogen-bond acceptors (Lipinski definition) is 2. The molecule has 1 aliphatic heterocycles. The number of hydrogen-bond donors (Lipinski definition) is 0. The summed E-state index contributed by atoms with van der Waals surface area (Å²) in [6.45, 7) is 2.07. The van der Waals surface area contributed by atoms with Crippen LogP contribution in [0.3, 0.4) is 0 Å². The van der Waals surface area contributed by atoms with E-state index < -0.39 is 0 Å². The Morgan fingerprint density at radius 3 is 2.56 bits per heavy atom. The molecule has 1 unspecified atom stereocenters. The second kappa shape index (κ2) is 4.79. The Labute approximate surface area is 96.0 Å². The van der Waals surface area contributed by atoms with Crippen LogP contribution in [0, 0.1) is 0 Å². The van der Waals surface area contributed by atoms with Crippen molar-refractivity contribution in [3.63, 3.8) is 0 Å². The Kier molecular flexibility index (Phi) is 3.20. The smallest absolute Gasteiger partial charge is 0.209 e. The fourth-order valence-electron chi connectivity index (χ4n) is 1.67. The molecule has 0 N–H and O–H groups in total. The minimum absolute atomic E-state index is 0.0474. The SMILES string of the molecule is COC1=NC(c2ccccc2)C=C(C)C=C1. The van der Waals surface area contributed by atoms with Gasteiger partial charge in [-0.3, -0.25) is 0 Å². The number of rotatable bonds is 1. The summed E-state index contributed by atoms with van der Waals surface area (Å²) in [7, 11) is 1.64. The number of aliphatic imine (C=N–C) groups is 1. The maximum Gasteiger partial charge on any atom is 0.209 e. The first-order valence-electron chi connectivity index (χ1n) is 5.33. The van der Waals surface area contributed by atoms with Gasteiger partial charge < -0.3 is 4.74 Å². The monoisotopic (exact) mass is 213 g/mol. The Bertz CT molecular complexity index is 443. The van der Waals surface area contributed by atoms with Gasteiger partial charge in [-0.1, -0.05) is 48.1 Å². The van der Waals surface area contributed by atoms with Crippen molar-refractivity contribution in [2.75, 3.05) is 7.11 Å². The van der Waals surface area contributed by atoms with E-state index in [-0.39, 0.29) is 6.04 Å². The quantitative estimate of drug-likeness (QED) is 0.701. The largest absolute Gasteiger partial charge is 0.481 e. The van der Waals surface area contributed by atoms with Crippen molar-refractivity contribution in [2.45, 2.75) is 13.0 Å². The molecule has 2 heteroatoms. The summed E-state index contributed by atoms with van der Waals surface area (Å²) >= 11 is 0. The maximum absolute atomic E-state index is 5.20. The third-order valence-electron chi connectivity index (χ3n) is 2.53. The van der Waals surface area contributed by atoms with Crippen LogP contribution < -0.4 is 0 Å². The fourth-order valence-corrected chi connectivity index (χ4v) is 1.67. The van der Waals surface area contributed by atoms with Crippen LogP contribution in [0.1, 0.15) is 18.5 Å². The standard InChI is InChI=1S/C14H15NO/c1-11-8-9-14(16-2)15-13(10-11)12-6-4-3-5-7-12/h3-10,13H,1-2H3. The highest BCUT2D eigenvalue weighted by Crippen LogP contribution is 2.23. The van der Waals surface area contributed by atoms with Gasteiger partial charge in [0.2, 0.25) is 5.90 Å². The van der Waals surface area contributed by atoms with Gasteiger partial charge in [0.05, 0.1) is 13.2 Å². The van der Waals surface area contributed by atoms with Crippen molar-refractivity contribution in [1.29, 1.82) is 0 Å². The molecule has 2 rings (SSSR count). The van der Waals surface area contributed by atoms with Gasteiger partial charge in [0.25, 0.3) is 0 Å². The van der Waals surface area contributed by atoms with Crippen LogP contribution in [0.4, 0.5) is 0 Å². The highest BCUT2D eigenvalue weighted by molar-refractivity contribution is 5.88. The molecule has 0 amide bonds. The van der Waals surface area contributed by atoms with Crippen molar-refractivity contribution < 1.29 is 4.74 Å². The first-order chi connectivity index (χ1) is 7.79. The minimum atomic E-state index is 0.0474. The number of methoxy groups -OCH3 is 1. The van der Waals surface area contributed by atoms with E-state index in [1.165, 1.54) is 11.1 Å². The number of allylic oxidation sites excluding steroid dienone is 2. The normalized spacial score (nSPS) is 19.8. The lowest BCUT2D eigenvalue weighted by Crippen LogP contribution is -1.99. The molecule has 16 heavy (non-hydrogen) atoms. The van der Waals surface area contributed by atoms with Crippen molar-refractivity contribution in [2.24, 2.45) is 4.99 Å². The average molecular weight is 213 g/mol. The zero-order valence-electron chi connectivity index (χ0n) is 9.55. The molecule has 0 bridgehead atoms. The molecule has 1 aliphatic rings. The molecule has 1 heterocycles. The first-order valence-corrected chi connectivity index (χ1v) is 5.33. The number of nitrogens with zero attached hydrogens (tertiary/aromatic N) is 1. The lowest BCUT2D eigenvalue weighted by molar-refractivity contribution is 0.403. The van der Waals surface area contributed by atoms with Crippen LogP contribution in [0.2, 0.25) is 0 Å². The molecule has 0 radical (unpaired) electrons. The van der Waals surface area contributed by atoms with Crippen molar-refractivity contribution in [3.8, 4) is 0 Å². The minimum Gasteiger partial charge on any atom is -0.481 e. The van der Waals surface area contributed by atoms with E-state index in [4.69, 9.17) is 4.74 Å². The molecule has 0 aliphatic carbocycles. The van der Waals surface area contributed by atoms with E-state index in [1.807, 2.05) is 30.4 Å². The first kappa shape index (κ1) is 10.7. The zero-order chi connectivity index (χ0) is 11.4. The third kappa shape index (κ3) is 2.40. The van der Waals surface area contributed by atoms with Crippen molar-refractivity contribution >= 4 is 5.90 Å². The lowest BCUT2D eigenvalue weighted by atomic mass is 10.1. The summed E-state index contributed by atoms with van der Waals surface area (Å²) in [4.78, 5) is 4.55. The lowest BCUT2D eigenvalue weighted by Gasteiger charge is -2.08. The predicted octanol–water partition coefficient (Wildman–Crippen LogP) is 3.29. The van der Waals surface area contributed by atoms with Gasteiger partial charge in [-0.25, -0.2) is 4.99 Å². The topological polar surface area (TPSA) is 21.6 Å². The Morgan fingerprint density at radius 2 is 1.88 bits per heavy atom. The molecular weight excluding hydrogens is 198 g/mol. The molecule has 2 nitrogen and oxygen atoms in total. The van der Waals surface area contributed by atoms with Crippen LogP contribution in [0.5, 0.6) is 0 Å². The van der Waals surface area contributed by atoms with Crippen LogP contribution in [-0.4, -0.2) is 13.0 Å². The zero-order valence-corrected chi connectivity index (χ0v) is 9.55. The molecule has 1 atom stereocenters. The van der Waals surface area contributed by atoms with E-state index in [1.54, 1.807) is 7.11 Å². The van der Waals surface area contributed by atoms with E-state index >= 15 is 0 Å². The van der Waals surface area contributed by atoms with Gasteiger partial charge in [-0.05, 0) is 12.5 Å². The van der Waals surface area contributed by atoms with E-state index in [2.05, 4.69) is 30.1 Å². The summed E-state index contributed by atoms with van der Waals surface area (Å²) in [5.74, 6) is 0.668. The molecule has 82 valence electrons. The Balaban J connectivity index is 2.37. The highest BCUT2D eigenvalue weighted by atomic mass is 16.5. The second-order valence-electron chi connectivity index (χ2n) is 3.77. The number of ether oxygens (including phenoxy) is 1. The molecule has 0 saturated carbocycles. The molecule has 1 aromatic rings. The maximum atomic E-state index is 5.20. The number of benzene rings is 1. The van der Waals surface area contributed by atoms with Gasteiger partial charge >= 0.3 is 0 Å². The molecular formula is C14H15NO. The summed E-state index contributed by atoms with van der Waals surface area (Å²) in [6.07, 6.45) is 6.05. The van der Waals surface area contributed by atoms with Gasteiger partial charge in [0.1, 0.15) is 0 Å². The molecule has 0 aromatic heterocycles. The van der Waals surface area contributed by atoms with Gasteiger partial charge in [0, 0.05) is 6.08 Å². The Morgan fingerprint density at radius 1 is 1.12 bits per heavy atom. The predicted molar refractivity (Wildman–Crippen MR) is 66.5 cm³/mol. The fraction of sp³-hybridized carbons (Fsp3) is 0.214. The van der Waals surface area contributed by atoms with Crippen LogP contribution >= 0.6 is 0 Å². The van der Waals surface area contributed by atoms with Crippen molar-refractivity contribution in [1.82, 2.24) is 0 Å². The molecule has 0 saturated heterocycles. The second-order valence-corrected chi connectivity index (χ2v) is 3.77. The highest BCUT2D eigenvalue weighted by Gasteiger charge is 2.10. The molecule has 0 fully saturated rings. The average Bonchev–Trinajstić information content (AvgIpc) is 2.52. The van der Waals surface area contributed by atoms with E-state index in [9.17, 15) is 0 Å². The van der Waals surface area contributed by atoms with Crippen LogP contribution in [-0.2, 0) is 4.74 Å². The molecule has 0 spiro atoms. The van der Waals surface area contributed by atoms with Gasteiger partial charge in [0.15, 0.2) is 0 Å². The van der Waals surface area contributed by atoms with Gasteiger partial charge in [-0.2, -0.15) is 0 Å². The van der Waals surface area contributed by atoms with E-state index in [0.29, 0.717) is 5.90 Å². The third-order valence-corrected chi connectivity index (χ3v) is 2.53. The van der Waals surface area contributed by atoms with Crippen LogP contribution in [0.25, 0.3) is 0 Å². The van der Waals surface area contributed by atoms with Crippen LogP contribution in [0.15, 0.2) is 59.1 Å². The summed E-state index contributed by atoms with van der Waals surface area (Å²) < 4.78 is 5.20. The summed E-state index contributed by atoms with van der Waals surface area (Å²) in [5.41, 5.74) is 2.38. The van der Waals surface area contributed by atoms with E-state index in [0.717, 1.165) is 0 Å². The Hall–Kier alpha value is -1.83. The van der Waals surface area contributed by atoms with Gasteiger partial charge in [-0.15, -0.1) is 0 Å².